The summed E-state index contributed by atoms with van der Waals surface area (Å²) in [5.74, 6) is 0.606. The van der Waals surface area contributed by atoms with Crippen molar-refractivity contribution >= 4 is 16.8 Å². The third-order valence-corrected chi connectivity index (χ3v) is 5.31. The highest BCUT2D eigenvalue weighted by Gasteiger charge is 2.31. The van der Waals surface area contributed by atoms with Crippen molar-refractivity contribution in [3.05, 3.63) is 42.5 Å². The average molecular weight is 320 g/mol. The van der Waals surface area contributed by atoms with Crippen molar-refractivity contribution in [1.82, 2.24) is 15.1 Å². The van der Waals surface area contributed by atoms with E-state index in [-0.39, 0.29) is 0 Å². The van der Waals surface area contributed by atoms with Gasteiger partial charge in [-0.3, -0.25) is 0 Å². The van der Waals surface area contributed by atoms with E-state index in [1.807, 2.05) is 0 Å². The Hall–Kier alpha value is -2.40. The van der Waals surface area contributed by atoms with Crippen molar-refractivity contribution in [2.45, 2.75) is 18.9 Å². The van der Waals surface area contributed by atoms with E-state index in [2.05, 4.69) is 62.5 Å². The molecule has 2 aromatic carbocycles. The molecule has 2 bridgehead atoms. The number of aromatic nitrogens is 2. The Balaban J connectivity index is 1.47. The Bertz CT molecular complexity index is 866. The van der Waals surface area contributed by atoms with Gasteiger partial charge in [-0.15, -0.1) is 5.10 Å². The molecule has 0 spiro atoms. The quantitative estimate of drug-likeness (QED) is 0.726. The topological polar surface area (TPSA) is 45.4 Å². The largest absolute Gasteiger partial charge is 0.403 e. The molecule has 3 saturated heterocycles. The van der Waals surface area contributed by atoms with Crippen LogP contribution in [0.5, 0.6) is 0 Å². The highest BCUT2D eigenvalue weighted by atomic mass is 16.4. The molecular formula is C19H20N4O. The first kappa shape index (κ1) is 14.0. The number of benzene rings is 2. The van der Waals surface area contributed by atoms with Gasteiger partial charge < -0.3 is 14.2 Å². The van der Waals surface area contributed by atoms with Crippen molar-refractivity contribution in [1.29, 1.82) is 0 Å². The molecule has 0 unspecified atom stereocenters. The van der Waals surface area contributed by atoms with Crippen molar-refractivity contribution in [2.75, 3.05) is 31.1 Å². The summed E-state index contributed by atoms with van der Waals surface area (Å²) in [5.41, 5.74) is 0.982. The predicted octanol–water partition coefficient (Wildman–Crippen LogP) is 3.17. The van der Waals surface area contributed by atoms with Gasteiger partial charge >= 0.3 is 6.01 Å². The third kappa shape index (κ3) is 2.36. The lowest BCUT2D eigenvalue weighted by Crippen LogP contribution is -2.38. The van der Waals surface area contributed by atoms with Crippen LogP contribution >= 0.6 is 0 Å². The van der Waals surface area contributed by atoms with Crippen LogP contribution in [0.4, 0.5) is 6.01 Å². The zero-order valence-electron chi connectivity index (χ0n) is 13.6. The molecule has 4 heterocycles. The van der Waals surface area contributed by atoms with Gasteiger partial charge in [-0.25, -0.2) is 0 Å². The van der Waals surface area contributed by atoms with E-state index in [0.29, 0.717) is 17.9 Å². The van der Waals surface area contributed by atoms with E-state index in [0.717, 1.165) is 18.7 Å². The molecule has 0 N–H and O–H groups in total. The molecule has 5 nitrogen and oxygen atoms in total. The fourth-order valence-corrected chi connectivity index (χ4v) is 3.91. The van der Waals surface area contributed by atoms with Gasteiger partial charge in [-0.05, 0) is 35.7 Å². The number of nitrogens with zero attached hydrogens (tertiary/aromatic N) is 4. The minimum Gasteiger partial charge on any atom is -0.403 e. The first-order valence-electron chi connectivity index (χ1n) is 8.68. The van der Waals surface area contributed by atoms with E-state index in [4.69, 9.17) is 4.42 Å². The first-order valence-corrected chi connectivity index (χ1v) is 8.68. The van der Waals surface area contributed by atoms with Crippen molar-refractivity contribution in [3.63, 3.8) is 0 Å². The average Bonchev–Trinajstić information content (AvgIpc) is 2.94. The van der Waals surface area contributed by atoms with Crippen molar-refractivity contribution in [3.8, 4) is 11.5 Å². The van der Waals surface area contributed by atoms with Gasteiger partial charge in [0.1, 0.15) is 0 Å². The SMILES string of the molecule is c1ccc2cc(-c3nnc(N4CCN5CCC4CC5)o3)ccc2c1. The second-order valence-electron chi connectivity index (χ2n) is 6.72. The zero-order valence-corrected chi connectivity index (χ0v) is 13.6. The minimum atomic E-state index is 0.536. The molecule has 3 aliphatic heterocycles. The number of hydrogen-bond acceptors (Lipinski definition) is 5. The maximum absolute atomic E-state index is 6.05. The number of rotatable bonds is 2. The van der Waals surface area contributed by atoms with Crippen LogP contribution in [-0.4, -0.2) is 47.3 Å². The molecule has 122 valence electrons. The molecular weight excluding hydrogens is 300 g/mol. The summed E-state index contributed by atoms with van der Waals surface area (Å²) in [6.07, 6.45) is 2.38. The molecule has 3 fully saturated rings. The van der Waals surface area contributed by atoms with Gasteiger partial charge in [0.05, 0.1) is 0 Å². The third-order valence-electron chi connectivity index (χ3n) is 5.31. The van der Waals surface area contributed by atoms with Crippen LogP contribution in [0.1, 0.15) is 12.8 Å². The van der Waals surface area contributed by atoms with Crippen LogP contribution in [0, 0.1) is 0 Å². The molecule has 0 atom stereocenters. The maximum Gasteiger partial charge on any atom is 0.318 e. The Morgan fingerprint density at radius 1 is 0.875 bits per heavy atom. The standard InChI is InChI=1S/C19H20N4O/c1-2-4-15-13-16(6-5-14(15)3-1)18-20-21-19(24-18)23-12-11-22-9-7-17(23)8-10-22/h1-6,13,17H,7-12H2. The number of hydrogen-bond donors (Lipinski definition) is 0. The highest BCUT2D eigenvalue weighted by Crippen LogP contribution is 2.29. The smallest absolute Gasteiger partial charge is 0.318 e. The molecule has 3 aliphatic rings. The Labute approximate surface area is 140 Å². The molecule has 6 rings (SSSR count). The van der Waals surface area contributed by atoms with Crippen LogP contribution in [0.15, 0.2) is 46.9 Å². The van der Waals surface area contributed by atoms with Crippen LogP contribution in [0.25, 0.3) is 22.2 Å². The van der Waals surface area contributed by atoms with Crippen LogP contribution < -0.4 is 4.90 Å². The summed E-state index contributed by atoms with van der Waals surface area (Å²) >= 11 is 0. The maximum atomic E-state index is 6.05. The molecule has 0 amide bonds. The van der Waals surface area contributed by atoms with Gasteiger partial charge in [0.25, 0.3) is 0 Å². The molecule has 5 heteroatoms. The Kier molecular flexibility index (Phi) is 3.26. The first-order chi connectivity index (χ1) is 11.9. The summed E-state index contributed by atoms with van der Waals surface area (Å²) in [5, 5.41) is 11.1. The fraction of sp³-hybridized carbons (Fsp3) is 0.368. The highest BCUT2D eigenvalue weighted by molar-refractivity contribution is 5.86. The number of fused-ring (bicyclic) bond motifs is 5. The van der Waals surface area contributed by atoms with Gasteiger partial charge in [0.2, 0.25) is 5.89 Å². The van der Waals surface area contributed by atoms with Crippen LogP contribution in [0.3, 0.4) is 0 Å². The molecule has 3 aromatic rings. The minimum absolute atomic E-state index is 0.536. The fourth-order valence-electron chi connectivity index (χ4n) is 3.91. The molecule has 1 aromatic heterocycles. The Morgan fingerprint density at radius 2 is 1.71 bits per heavy atom. The van der Waals surface area contributed by atoms with Gasteiger partial charge in [-0.1, -0.05) is 35.4 Å². The van der Waals surface area contributed by atoms with E-state index in [1.165, 1.54) is 36.7 Å². The lowest BCUT2D eigenvalue weighted by molar-refractivity contribution is 0.249. The predicted molar refractivity (Wildman–Crippen MR) is 94.0 cm³/mol. The van der Waals surface area contributed by atoms with Crippen molar-refractivity contribution in [2.24, 2.45) is 0 Å². The van der Waals surface area contributed by atoms with E-state index in [9.17, 15) is 0 Å². The Morgan fingerprint density at radius 3 is 2.58 bits per heavy atom. The normalized spacial score (nSPS) is 23.6. The molecule has 24 heavy (non-hydrogen) atoms. The van der Waals surface area contributed by atoms with E-state index < -0.39 is 0 Å². The summed E-state index contributed by atoms with van der Waals surface area (Å²) in [6, 6.07) is 15.8. The van der Waals surface area contributed by atoms with Crippen LogP contribution in [0.2, 0.25) is 0 Å². The lowest BCUT2D eigenvalue weighted by atomic mass is 10.1. The van der Waals surface area contributed by atoms with Gasteiger partial charge in [0.15, 0.2) is 0 Å². The lowest BCUT2D eigenvalue weighted by Gasteiger charge is -2.29. The molecule has 0 radical (unpaired) electrons. The van der Waals surface area contributed by atoms with E-state index in [1.54, 1.807) is 0 Å². The summed E-state index contributed by atoms with van der Waals surface area (Å²) in [7, 11) is 0. The second-order valence-corrected chi connectivity index (χ2v) is 6.72. The summed E-state index contributed by atoms with van der Waals surface area (Å²) in [6.45, 7) is 4.44. The second kappa shape index (κ2) is 5.60. The summed E-state index contributed by atoms with van der Waals surface area (Å²) in [4.78, 5) is 4.83. The van der Waals surface area contributed by atoms with Crippen LogP contribution in [-0.2, 0) is 0 Å². The van der Waals surface area contributed by atoms with Gasteiger partial charge in [-0.2, -0.15) is 0 Å². The molecule has 0 aliphatic carbocycles. The van der Waals surface area contributed by atoms with E-state index >= 15 is 0 Å². The molecule has 0 saturated carbocycles. The zero-order chi connectivity index (χ0) is 15.9. The summed E-state index contributed by atoms with van der Waals surface area (Å²) < 4.78 is 6.05. The van der Waals surface area contributed by atoms with Gasteiger partial charge in [0, 0.05) is 37.8 Å². The van der Waals surface area contributed by atoms with Crippen molar-refractivity contribution < 1.29 is 4.42 Å². The number of piperidine rings is 1. The number of anilines is 1. The monoisotopic (exact) mass is 320 g/mol.